The zero-order chi connectivity index (χ0) is 22.5. The van der Waals surface area contributed by atoms with Crippen LogP contribution in [-0.4, -0.2) is 30.4 Å². The van der Waals surface area contributed by atoms with E-state index in [2.05, 4.69) is 6.92 Å². The number of amides is 2. The second-order valence-electron chi connectivity index (χ2n) is 7.67. The Hall–Kier alpha value is -3.86. The first-order chi connectivity index (χ1) is 15.6. The third-order valence-corrected chi connectivity index (χ3v) is 5.42. The van der Waals surface area contributed by atoms with E-state index in [1.165, 1.54) is 4.90 Å². The average molecular weight is 427 g/mol. The summed E-state index contributed by atoms with van der Waals surface area (Å²) >= 11 is 0. The molecular weight excluding hydrogens is 400 g/mol. The first kappa shape index (κ1) is 21.4. The lowest BCUT2D eigenvalue weighted by molar-refractivity contribution is -0.137. The Morgan fingerprint density at radius 2 is 1.44 bits per heavy atom. The van der Waals surface area contributed by atoms with Gasteiger partial charge in [0.2, 0.25) is 0 Å². The Bertz CT molecular complexity index is 1120. The molecule has 0 saturated heterocycles. The van der Waals surface area contributed by atoms with E-state index >= 15 is 0 Å². The van der Waals surface area contributed by atoms with Gasteiger partial charge in [-0.25, -0.2) is 0 Å². The van der Waals surface area contributed by atoms with Crippen LogP contribution in [0.15, 0.2) is 90.6 Å². The molecule has 4 rings (SSSR count). The maximum Gasteiger partial charge on any atom is 0.278 e. The number of hydrogen-bond acceptors (Lipinski definition) is 4. The topological polar surface area (TPSA) is 49.9 Å². The molecule has 2 amide bonds. The van der Waals surface area contributed by atoms with Crippen LogP contribution in [0.4, 0.5) is 5.69 Å². The Morgan fingerprint density at radius 3 is 2.06 bits per heavy atom. The molecule has 0 radical (unpaired) electrons. The van der Waals surface area contributed by atoms with Gasteiger partial charge in [0.15, 0.2) is 0 Å². The lowest BCUT2D eigenvalue weighted by Gasteiger charge is -2.21. The van der Waals surface area contributed by atoms with Crippen molar-refractivity contribution in [3.63, 3.8) is 0 Å². The molecule has 0 atom stereocenters. The minimum atomic E-state index is -0.300. The molecule has 1 aliphatic rings. The van der Waals surface area contributed by atoms with Gasteiger partial charge in [0.05, 0.1) is 18.7 Å². The molecule has 0 fully saturated rings. The molecule has 1 heterocycles. The van der Waals surface area contributed by atoms with E-state index in [1.54, 1.807) is 4.90 Å². The lowest BCUT2D eigenvalue weighted by atomic mass is 10.0. The number of benzene rings is 3. The van der Waals surface area contributed by atoms with Crippen molar-refractivity contribution < 1.29 is 14.3 Å². The molecule has 5 heteroatoms. The number of nitrogens with zero attached hydrogens (tertiary/aromatic N) is 2. The molecule has 3 aromatic carbocycles. The van der Waals surface area contributed by atoms with Crippen molar-refractivity contribution in [1.29, 1.82) is 0 Å². The highest BCUT2D eigenvalue weighted by Crippen LogP contribution is 2.34. The standard InChI is InChI=1S/C27H26N2O3/c1-3-18-32-23-16-14-21(15-17-23)24-25(28(2)22-12-8-5-9-13-22)27(31)29(26(24)30)19-20-10-6-4-7-11-20/h4-17H,3,18-19H2,1-2H3. The fourth-order valence-corrected chi connectivity index (χ4v) is 3.76. The monoisotopic (exact) mass is 426 g/mol. The van der Waals surface area contributed by atoms with Crippen molar-refractivity contribution in [1.82, 2.24) is 4.90 Å². The summed E-state index contributed by atoms with van der Waals surface area (Å²) in [4.78, 5) is 30.1. The van der Waals surface area contributed by atoms with E-state index < -0.39 is 0 Å². The van der Waals surface area contributed by atoms with Gasteiger partial charge in [-0.3, -0.25) is 14.5 Å². The van der Waals surface area contributed by atoms with Gasteiger partial charge in [0.25, 0.3) is 11.8 Å². The predicted octanol–water partition coefficient (Wildman–Crippen LogP) is 4.89. The Kier molecular flexibility index (Phi) is 6.36. The van der Waals surface area contributed by atoms with E-state index in [4.69, 9.17) is 4.74 Å². The number of rotatable bonds is 8. The fraction of sp³-hybridized carbons (Fsp3) is 0.185. The van der Waals surface area contributed by atoms with Crippen molar-refractivity contribution in [3.8, 4) is 5.75 Å². The molecule has 3 aromatic rings. The third kappa shape index (κ3) is 4.28. The van der Waals surface area contributed by atoms with Gasteiger partial charge in [0, 0.05) is 12.7 Å². The van der Waals surface area contributed by atoms with E-state index in [9.17, 15) is 9.59 Å². The average Bonchev–Trinajstić information content (AvgIpc) is 3.08. The molecule has 1 aliphatic heterocycles. The number of hydrogen-bond donors (Lipinski definition) is 0. The summed E-state index contributed by atoms with van der Waals surface area (Å²) in [5.74, 6) is 0.150. The van der Waals surface area contributed by atoms with Gasteiger partial charge in [-0.1, -0.05) is 67.6 Å². The van der Waals surface area contributed by atoms with Gasteiger partial charge in [0.1, 0.15) is 11.4 Å². The second kappa shape index (κ2) is 9.52. The van der Waals surface area contributed by atoms with E-state index in [0.29, 0.717) is 23.4 Å². The molecule has 5 nitrogen and oxygen atoms in total. The van der Waals surface area contributed by atoms with Crippen LogP contribution in [0, 0.1) is 0 Å². The van der Waals surface area contributed by atoms with Crippen LogP contribution in [0.5, 0.6) is 5.75 Å². The van der Waals surface area contributed by atoms with Crippen LogP contribution >= 0.6 is 0 Å². The lowest BCUT2D eigenvalue weighted by Crippen LogP contribution is -2.33. The van der Waals surface area contributed by atoms with Crippen LogP contribution in [-0.2, 0) is 16.1 Å². The summed E-state index contributed by atoms with van der Waals surface area (Å²) in [7, 11) is 1.82. The third-order valence-electron chi connectivity index (χ3n) is 5.42. The maximum absolute atomic E-state index is 13.5. The summed E-state index contributed by atoms with van der Waals surface area (Å²) in [6.45, 7) is 2.91. The second-order valence-corrected chi connectivity index (χ2v) is 7.67. The number of carbonyl (C=O) groups is 2. The highest BCUT2D eigenvalue weighted by atomic mass is 16.5. The number of carbonyl (C=O) groups excluding carboxylic acids is 2. The quantitative estimate of drug-likeness (QED) is 0.481. The van der Waals surface area contributed by atoms with Crippen molar-refractivity contribution in [3.05, 3.63) is 102 Å². The molecule has 32 heavy (non-hydrogen) atoms. The SMILES string of the molecule is CCCOc1ccc(C2=C(N(C)c3ccccc3)C(=O)N(Cc3ccccc3)C2=O)cc1. The number of para-hydroxylation sites is 1. The van der Waals surface area contributed by atoms with Crippen molar-refractivity contribution in [2.24, 2.45) is 0 Å². The normalized spacial score (nSPS) is 13.6. The Morgan fingerprint density at radius 1 is 0.812 bits per heavy atom. The van der Waals surface area contributed by atoms with E-state index in [-0.39, 0.29) is 18.4 Å². The molecule has 0 saturated carbocycles. The summed E-state index contributed by atoms with van der Waals surface area (Å²) in [6.07, 6.45) is 0.917. The number of anilines is 1. The van der Waals surface area contributed by atoms with Gasteiger partial charge >= 0.3 is 0 Å². The first-order valence-corrected chi connectivity index (χ1v) is 10.8. The Balaban J connectivity index is 1.74. The van der Waals surface area contributed by atoms with E-state index in [1.807, 2.05) is 92.0 Å². The molecule has 0 N–H and O–H groups in total. The summed E-state index contributed by atoms with van der Waals surface area (Å²) in [6, 6.07) is 26.5. The largest absolute Gasteiger partial charge is 0.494 e. The highest BCUT2D eigenvalue weighted by Gasteiger charge is 2.41. The molecule has 162 valence electrons. The summed E-state index contributed by atoms with van der Waals surface area (Å²) in [5.41, 5.74) is 3.21. The van der Waals surface area contributed by atoms with Crippen LogP contribution in [0.3, 0.4) is 0 Å². The van der Waals surface area contributed by atoms with Crippen LogP contribution < -0.4 is 9.64 Å². The van der Waals surface area contributed by atoms with Crippen molar-refractivity contribution >= 4 is 23.1 Å². The van der Waals surface area contributed by atoms with Gasteiger partial charge < -0.3 is 9.64 Å². The summed E-state index contributed by atoms with van der Waals surface area (Å²) in [5, 5.41) is 0. The van der Waals surface area contributed by atoms with Gasteiger partial charge in [-0.2, -0.15) is 0 Å². The van der Waals surface area contributed by atoms with Crippen molar-refractivity contribution in [2.75, 3.05) is 18.6 Å². The minimum Gasteiger partial charge on any atom is -0.494 e. The molecule has 0 spiro atoms. The maximum atomic E-state index is 13.5. The Labute approximate surface area is 188 Å². The number of imide groups is 1. The highest BCUT2D eigenvalue weighted by molar-refractivity contribution is 6.36. The number of ether oxygens (including phenoxy) is 1. The van der Waals surface area contributed by atoms with Crippen LogP contribution in [0.25, 0.3) is 5.57 Å². The molecule has 0 aliphatic carbocycles. The molecule has 0 bridgehead atoms. The fourth-order valence-electron chi connectivity index (χ4n) is 3.76. The van der Waals surface area contributed by atoms with Gasteiger partial charge in [-0.15, -0.1) is 0 Å². The number of likely N-dealkylation sites (N-methyl/N-ethyl adjacent to an activating group) is 1. The van der Waals surface area contributed by atoms with E-state index in [0.717, 1.165) is 23.4 Å². The van der Waals surface area contributed by atoms with Crippen LogP contribution in [0.1, 0.15) is 24.5 Å². The summed E-state index contributed by atoms with van der Waals surface area (Å²) < 4.78 is 5.68. The smallest absolute Gasteiger partial charge is 0.278 e. The molecule has 0 aromatic heterocycles. The zero-order valence-electron chi connectivity index (χ0n) is 18.3. The molecule has 0 unspecified atom stereocenters. The van der Waals surface area contributed by atoms with Crippen molar-refractivity contribution in [2.45, 2.75) is 19.9 Å². The predicted molar refractivity (Wildman–Crippen MR) is 126 cm³/mol. The zero-order valence-corrected chi connectivity index (χ0v) is 18.3. The minimum absolute atomic E-state index is 0.228. The van der Waals surface area contributed by atoms with Gasteiger partial charge in [-0.05, 0) is 41.8 Å². The molecular formula is C27H26N2O3. The first-order valence-electron chi connectivity index (χ1n) is 10.8. The van der Waals surface area contributed by atoms with Crippen LogP contribution in [0.2, 0.25) is 0 Å².